The molecule has 0 saturated carbocycles. The van der Waals surface area contributed by atoms with Gasteiger partial charge in [-0.05, 0) is 33.3 Å². The number of ether oxygens (including phenoxy) is 2. The summed E-state index contributed by atoms with van der Waals surface area (Å²) in [5, 5.41) is 5.04. The number of carbonyl (C=O) groups excluding carboxylic acids is 3. The molecule has 0 spiro atoms. The van der Waals surface area contributed by atoms with Gasteiger partial charge in [0.15, 0.2) is 0 Å². The summed E-state index contributed by atoms with van der Waals surface area (Å²) in [6.07, 6.45) is -0.411. The van der Waals surface area contributed by atoms with Crippen LogP contribution in [0.1, 0.15) is 33.3 Å². The Morgan fingerprint density at radius 2 is 1.68 bits per heavy atom. The molecule has 0 heterocycles. The van der Waals surface area contributed by atoms with Crippen molar-refractivity contribution >= 4 is 18.0 Å². The first kappa shape index (κ1) is 20.5. The number of alkyl carbamates (subject to hydrolysis) is 1. The molecule has 0 aliphatic rings. The van der Waals surface area contributed by atoms with Crippen LogP contribution >= 0.6 is 0 Å². The van der Waals surface area contributed by atoms with Crippen LogP contribution < -0.4 is 10.6 Å². The molecule has 7 nitrogen and oxygen atoms in total. The van der Waals surface area contributed by atoms with Crippen LogP contribution in [0.3, 0.4) is 0 Å². The second-order valence-electron chi connectivity index (χ2n) is 6.64. The van der Waals surface area contributed by atoms with Gasteiger partial charge in [-0.3, -0.25) is 4.79 Å². The van der Waals surface area contributed by atoms with E-state index in [4.69, 9.17) is 9.47 Å². The number of carbonyl (C=O) groups is 3. The highest BCUT2D eigenvalue weighted by atomic mass is 16.6. The van der Waals surface area contributed by atoms with Gasteiger partial charge < -0.3 is 20.1 Å². The smallest absolute Gasteiger partial charge is 0.408 e. The van der Waals surface area contributed by atoms with E-state index in [2.05, 4.69) is 10.6 Å². The maximum absolute atomic E-state index is 12.3. The molecule has 1 aromatic carbocycles. The molecule has 0 radical (unpaired) electrons. The molecule has 0 aliphatic carbocycles. The lowest BCUT2D eigenvalue weighted by atomic mass is 10.1. The molecule has 2 unspecified atom stereocenters. The molecular formula is C18H26N2O5. The van der Waals surface area contributed by atoms with Crippen molar-refractivity contribution in [2.45, 2.75) is 51.8 Å². The van der Waals surface area contributed by atoms with Crippen molar-refractivity contribution in [2.24, 2.45) is 0 Å². The topological polar surface area (TPSA) is 93.7 Å². The largest absolute Gasteiger partial charge is 0.467 e. The van der Waals surface area contributed by atoms with Gasteiger partial charge in [0.2, 0.25) is 5.91 Å². The Morgan fingerprint density at radius 3 is 2.20 bits per heavy atom. The summed E-state index contributed by atoms with van der Waals surface area (Å²) < 4.78 is 9.85. The lowest BCUT2D eigenvalue weighted by Crippen LogP contribution is -2.51. The third kappa shape index (κ3) is 7.69. The molecule has 138 valence electrons. The maximum atomic E-state index is 12.3. The standard InChI is InChI=1S/C18H26N2O5/c1-12(19-17(23)25-18(2,3)4)15(21)20-14(16(22)24-5)11-13-9-7-6-8-10-13/h6-10,12,14H,11H2,1-5H3,(H,19,23)(H,20,21). The second-order valence-corrected chi connectivity index (χ2v) is 6.64. The predicted molar refractivity (Wildman–Crippen MR) is 92.9 cm³/mol. The number of hydrogen-bond donors (Lipinski definition) is 2. The lowest BCUT2D eigenvalue weighted by Gasteiger charge is -2.23. The van der Waals surface area contributed by atoms with E-state index in [9.17, 15) is 14.4 Å². The third-order valence-electron chi connectivity index (χ3n) is 3.21. The average Bonchev–Trinajstić information content (AvgIpc) is 2.52. The fourth-order valence-electron chi connectivity index (χ4n) is 2.03. The van der Waals surface area contributed by atoms with Gasteiger partial charge in [-0.25, -0.2) is 9.59 Å². The maximum Gasteiger partial charge on any atom is 0.408 e. The summed E-state index contributed by atoms with van der Waals surface area (Å²) in [5.41, 5.74) is 0.216. The van der Waals surface area contributed by atoms with Crippen LogP contribution in [0.5, 0.6) is 0 Å². The molecule has 25 heavy (non-hydrogen) atoms. The van der Waals surface area contributed by atoms with Crippen LogP contribution in [-0.2, 0) is 25.5 Å². The van der Waals surface area contributed by atoms with Crippen molar-refractivity contribution in [3.8, 4) is 0 Å². The molecule has 0 fully saturated rings. The van der Waals surface area contributed by atoms with Crippen LogP contribution in [0, 0.1) is 0 Å². The van der Waals surface area contributed by atoms with Gasteiger partial charge in [-0.2, -0.15) is 0 Å². The molecule has 2 N–H and O–H groups in total. The van der Waals surface area contributed by atoms with Gasteiger partial charge in [0.05, 0.1) is 7.11 Å². The fraction of sp³-hybridized carbons (Fsp3) is 0.500. The Kier molecular flexibility index (Phi) is 7.42. The van der Waals surface area contributed by atoms with Gasteiger partial charge >= 0.3 is 12.1 Å². The first-order valence-corrected chi connectivity index (χ1v) is 8.04. The molecule has 0 bridgehead atoms. The fourth-order valence-corrected chi connectivity index (χ4v) is 2.03. The molecule has 1 rings (SSSR count). The Morgan fingerprint density at radius 1 is 1.08 bits per heavy atom. The van der Waals surface area contributed by atoms with Crippen molar-refractivity contribution in [1.82, 2.24) is 10.6 Å². The van der Waals surface area contributed by atoms with Crippen molar-refractivity contribution in [3.63, 3.8) is 0 Å². The number of hydrogen-bond acceptors (Lipinski definition) is 5. The number of rotatable bonds is 6. The summed E-state index contributed by atoms with van der Waals surface area (Å²) in [7, 11) is 1.26. The molecular weight excluding hydrogens is 324 g/mol. The number of amides is 2. The first-order chi connectivity index (χ1) is 11.6. The number of methoxy groups -OCH3 is 1. The highest BCUT2D eigenvalue weighted by Crippen LogP contribution is 2.07. The summed E-state index contributed by atoms with van der Waals surface area (Å²) in [4.78, 5) is 35.9. The predicted octanol–water partition coefficient (Wildman–Crippen LogP) is 1.80. The summed E-state index contributed by atoms with van der Waals surface area (Å²) in [6.45, 7) is 6.69. The highest BCUT2D eigenvalue weighted by molar-refractivity contribution is 5.89. The quantitative estimate of drug-likeness (QED) is 0.763. The zero-order valence-electron chi connectivity index (χ0n) is 15.3. The number of benzene rings is 1. The van der Waals surface area contributed by atoms with Crippen LogP contribution in [-0.4, -0.2) is 42.8 Å². The van der Waals surface area contributed by atoms with Gasteiger partial charge in [-0.15, -0.1) is 0 Å². The Hall–Kier alpha value is -2.57. The van der Waals surface area contributed by atoms with Gasteiger partial charge in [0.25, 0.3) is 0 Å². The summed E-state index contributed by atoms with van der Waals surface area (Å²) >= 11 is 0. The van der Waals surface area contributed by atoms with E-state index in [0.29, 0.717) is 6.42 Å². The second kappa shape index (κ2) is 9.05. The van der Waals surface area contributed by atoms with E-state index in [1.807, 2.05) is 30.3 Å². The van der Waals surface area contributed by atoms with E-state index in [-0.39, 0.29) is 0 Å². The molecule has 2 amide bonds. The van der Waals surface area contributed by atoms with Crippen molar-refractivity contribution < 1.29 is 23.9 Å². The van der Waals surface area contributed by atoms with Crippen LogP contribution in [0.25, 0.3) is 0 Å². The molecule has 0 saturated heterocycles. The minimum atomic E-state index is -0.863. The monoisotopic (exact) mass is 350 g/mol. The summed E-state index contributed by atoms with van der Waals surface area (Å²) in [6, 6.07) is 7.55. The van der Waals surface area contributed by atoms with E-state index < -0.39 is 35.7 Å². The van der Waals surface area contributed by atoms with Crippen molar-refractivity contribution in [2.75, 3.05) is 7.11 Å². The third-order valence-corrected chi connectivity index (χ3v) is 3.21. The minimum absolute atomic E-state index is 0.290. The molecule has 1 aromatic rings. The van der Waals surface area contributed by atoms with Crippen molar-refractivity contribution in [1.29, 1.82) is 0 Å². The van der Waals surface area contributed by atoms with Gasteiger partial charge in [0, 0.05) is 6.42 Å². The van der Waals surface area contributed by atoms with E-state index in [0.717, 1.165) is 5.56 Å². The van der Waals surface area contributed by atoms with E-state index in [1.165, 1.54) is 14.0 Å². The normalized spacial score (nSPS) is 13.3. The van der Waals surface area contributed by atoms with E-state index in [1.54, 1.807) is 20.8 Å². The lowest BCUT2D eigenvalue weighted by molar-refractivity contribution is -0.145. The Labute approximate surface area is 148 Å². The first-order valence-electron chi connectivity index (χ1n) is 8.04. The van der Waals surface area contributed by atoms with Crippen molar-refractivity contribution in [3.05, 3.63) is 35.9 Å². The van der Waals surface area contributed by atoms with Gasteiger partial charge in [0.1, 0.15) is 17.7 Å². The number of esters is 1. The summed E-state index contributed by atoms with van der Waals surface area (Å²) in [5.74, 6) is -1.06. The van der Waals surface area contributed by atoms with Crippen LogP contribution in [0.4, 0.5) is 4.79 Å². The molecule has 2 atom stereocenters. The molecule has 0 aromatic heterocycles. The molecule has 7 heteroatoms. The Bertz CT molecular complexity index is 595. The van der Waals surface area contributed by atoms with Crippen LogP contribution in [0.2, 0.25) is 0 Å². The Balaban J connectivity index is 2.68. The highest BCUT2D eigenvalue weighted by Gasteiger charge is 2.26. The average molecular weight is 350 g/mol. The minimum Gasteiger partial charge on any atom is -0.467 e. The SMILES string of the molecule is COC(=O)C(Cc1ccccc1)NC(=O)C(C)NC(=O)OC(C)(C)C. The van der Waals surface area contributed by atoms with E-state index >= 15 is 0 Å². The zero-order chi connectivity index (χ0) is 19.0. The number of nitrogens with one attached hydrogen (secondary N) is 2. The van der Waals surface area contributed by atoms with Gasteiger partial charge in [-0.1, -0.05) is 30.3 Å². The molecule has 0 aliphatic heterocycles. The van der Waals surface area contributed by atoms with Crippen LogP contribution in [0.15, 0.2) is 30.3 Å². The zero-order valence-corrected chi connectivity index (χ0v) is 15.3.